The molecule has 15 aromatic carbocycles. The minimum Gasteiger partial charge on any atom is -0.228 e. The van der Waals surface area contributed by atoms with E-state index in [1.165, 1.54) is 98.0 Å². The van der Waals surface area contributed by atoms with E-state index in [9.17, 15) is 0 Å². The molecule has 1 aromatic heterocycles. The maximum atomic E-state index is 5.31. The normalized spacial score (nSPS) is 11.6. The Morgan fingerprint density at radius 3 is 0.655 bits per heavy atom. The Morgan fingerprint density at radius 2 is 0.369 bits per heavy atom. The molecule has 0 saturated carbocycles. The Morgan fingerprint density at radius 1 is 0.155 bits per heavy atom. The van der Waals surface area contributed by atoms with Crippen molar-refractivity contribution in [2.24, 2.45) is 0 Å². The average molecular weight is 1070 g/mol. The van der Waals surface area contributed by atoms with Gasteiger partial charge >= 0.3 is 0 Å². The second kappa shape index (κ2) is 20.5. The first kappa shape index (κ1) is 48.8. The smallest absolute Gasteiger partial charge is 0.160 e. The van der Waals surface area contributed by atoms with Gasteiger partial charge in [0.15, 0.2) is 5.82 Å². The van der Waals surface area contributed by atoms with Crippen molar-refractivity contribution in [3.63, 3.8) is 0 Å². The van der Waals surface area contributed by atoms with Crippen molar-refractivity contribution in [3.05, 3.63) is 315 Å². The van der Waals surface area contributed by atoms with Gasteiger partial charge in [0, 0.05) is 16.7 Å². The van der Waals surface area contributed by atoms with Gasteiger partial charge in [0.25, 0.3) is 0 Å². The van der Waals surface area contributed by atoms with E-state index >= 15 is 0 Å². The van der Waals surface area contributed by atoms with Crippen LogP contribution in [0.25, 0.3) is 165 Å². The maximum absolute atomic E-state index is 5.31. The van der Waals surface area contributed by atoms with Gasteiger partial charge < -0.3 is 0 Å². The van der Waals surface area contributed by atoms with Crippen molar-refractivity contribution in [2.45, 2.75) is 0 Å². The van der Waals surface area contributed by atoms with E-state index in [0.717, 1.165) is 61.5 Å². The Kier molecular flexibility index (Phi) is 11.9. The maximum Gasteiger partial charge on any atom is 0.160 e. The van der Waals surface area contributed by atoms with Crippen LogP contribution < -0.4 is 0 Å². The summed E-state index contributed by atoms with van der Waals surface area (Å²) in [6, 6.07) is 115. The topological polar surface area (TPSA) is 25.8 Å². The zero-order valence-electron chi connectivity index (χ0n) is 45.9. The summed E-state index contributed by atoms with van der Waals surface area (Å²) in [4.78, 5) is 10.6. The molecule has 1 heterocycles. The SMILES string of the molecule is c1ccc2c(c1)cc(-c1ccc(-c3ccc(-c4cc(-c5ccc(-c6ccc(-c7cc8ccccc8c8ccccc78)cc6)cc5)nc(-c5ccc(-c6ccc(-c7cc8ccccc8c8ccccc78)cc6)cc5)n4)cc3)cc1)c1ccccc12. The lowest BCUT2D eigenvalue weighted by molar-refractivity contribution is 1.18. The molecular formula is C82H52N2. The van der Waals surface area contributed by atoms with Gasteiger partial charge in [0.1, 0.15) is 0 Å². The fourth-order valence-corrected chi connectivity index (χ4v) is 12.8. The second-order valence-electron chi connectivity index (χ2n) is 22.0. The second-order valence-corrected chi connectivity index (χ2v) is 22.0. The lowest BCUT2D eigenvalue weighted by Crippen LogP contribution is -1.96. The molecule has 0 amide bonds. The van der Waals surface area contributed by atoms with E-state index in [4.69, 9.17) is 9.97 Å². The molecule has 0 fully saturated rings. The molecule has 0 unspecified atom stereocenters. The molecule has 0 atom stereocenters. The summed E-state index contributed by atoms with van der Waals surface area (Å²) in [5.74, 6) is 0.675. The van der Waals surface area contributed by atoms with Gasteiger partial charge in [0.2, 0.25) is 0 Å². The van der Waals surface area contributed by atoms with Crippen LogP contribution in [0.2, 0.25) is 0 Å². The van der Waals surface area contributed by atoms with Crippen LogP contribution >= 0.6 is 0 Å². The lowest BCUT2D eigenvalue weighted by atomic mass is 9.92. The van der Waals surface area contributed by atoms with Gasteiger partial charge in [-0.2, -0.15) is 0 Å². The molecule has 2 nitrogen and oxygen atoms in total. The quantitative estimate of drug-likeness (QED) is 0.135. The number of rotatable bonds is 9. The van der Waals surface area contributed by atoms with Crippen LogP contribution in [-0.4, -0.2) is 9.97 Å². The number of fused-ring (bicyclic) bond motifs is 9. The van der Waals surface area contributed by atoms with E-state index in [1.807, 2.05) is 0 Å². The molecule has 0 N–H and O–H groups in total. The van der Waals surface area contributed by atoms with Crippen LogP contribution in [0.5, 0.6) is 0 Å². The Hall–Kier alpha value is -11.1. The summed E-state index contributed by atoms with van der Waals surface area (Å²) < 4.78 is 0. The average Bonchev–Trinajstić information content (AvgIpc) is 3.42. The molecule has 0 spiro atoms. The lowest BCUT2D eigenvalue weighted by Gasteiger charge is -2.13. The largest absolute Gasteiger partial charge is 0.228 e. The summed E-state index contributed by atoms with van der Waals surface area (Å²) in [6.45, 7) is 0. The number of hydrogen-bond donors (Lipinski definition) is 0. The van der Waals surface area contributed by atoms with Crippen molar-refractivity contribution in [2.75, 3.05) is 0 Å². The number of hydrogen-bond acceptors (Lipinski definition) is 2. The van der Waals surface area contributed by atoms with Crippen LogP contribution in [0.4, 0.5) is 0 Å². The molecule has 0 aliphatic rings. The van der Waals surface area contributed by atoms with Crippen LogP contribution in [0.15, 0.2) is 315 Å². The molecule has 84 heavy (non-hydrogen) atoms. The highest BCUT2D eigenvalue weighted by molar-refractivity contribution is 6.16. The fraction of sp³-hybridized carbons (Fsp3) is 0. The van der Waals surface area contributed by atoms with Gasteiger partial charge in [-0.15, -0.1) is 0 Å². The standard InChI is InChI=1S/C82H52N2/c1-4-16-68-65(13-1)49-77(74-22-10-7-19-71(68)74)59-37-25-53(26-38-59)56-31-43-62(44-32-56)80-52-81(63-45-33-57(34-46-63)54-27-39-60(40-28-54)78-50-66-14-2-5-17-69(66)72-20-8-11-23-75(72)78)84-82(83-80)64-47-35-58(36-48-64)55-29-41-61(42-30-55)79-51-67-15-3-6-18-70(67)73-21-9-12-24-76(73)79/h1-52H. The minimum atomic E-state index is 0.675. The van der Waals surface area contributed by atoms with Gasteiger partial charge in [-0.05, 0) is 156 Å². The van der Waals surface area contributed by atoms with E-state index in [0.29, 0.717) is 5.82 Å². The highest BCUT2D eigenvalue weighted by Crippen LogP contribution is 2.40. The van der Waals surface area contributed by atoms with Crippen molar-refractivity contribution in [3.8, 4) is 101 Å². The van der Waals surface area contributed by atoms with E-state index in [2.05, 4.69) is 315 Å². The summed E-state index contributed by atoms with van der Waals surface area (Å²) in [5, 5.41) is 15.2. The van der Waals surface area contributed by atoms with E-state index in [1.54, 1.807) is 0 Å². The molecule has 0 bridgehead atoms. The van der Waals surface area contributed by atoms with Gasteiger partial charge in [-0.25, -0.2) is 9.97 Å². The van der Waals surface area contributed by atoms with Crippen LogP contribution in [0, 0.1) is 0 Å². The summed E-state index contributed by atoms with van der Waals surface area (Å²) in [6.07, 6.45) is 0. The first-order chi connectivity index (χ1) is 41.6. The summed E-state index contributed by atoms with van der Waals surface area (Å²) in [7, 11) is 0. The highest BCUT2D eigenvalue weighted by atomic mass is 14.9. The highest BCUT2D eigenvalue weighted by Gasteiger charge is 2.16. The van der Waals surface area contributed by atoms with Gasteiger partial charge in [0.05, 0.1) is 11.4 Å². The van der Waals surface area contributed by atoms with Crippen LogP contribution in [0.3, 0.4) is 0 Å². The van der Waals surface area contributed by atoms with Crippen molar-refractivity contribution in [1.29, 1.82) is 0 Å². The van der Waals surface area contributed by atoms with Gasteiger partial charge in [-0.3, -0.25) is 0 Å². The Bertz CT molecular complexity index is 4640. The monoisotopic (exact) mass is 1060 g/mol. The molecule has 0 aliphatic heterocycles. The Balaban J connectivity index is 0.717. The number of nitrogens with zero attached hydrogens (tertiary/aromatic N) is 2. The molecule has 0 aliphatic carbocycles. The zero-order chi connectivity index (χ0) is 55.5. The van der Waals surface area contributed by atoms with Crippen molar-refractivity contribution in [1.82, 2.24) is 9.97 Å². The predicted octanol–water partition coefficient (Wildman–Crippen LogP) is 22.4. The molecule has 2 heteroatoms. The Labute approximate surface area is 487 Å². The minimum absolute atomic E-state index is 0.675. The van der Waals surface area contributed by atoms with Crippen molar-refractivity contribution < 1.29 is 0 Å². The molecule has 0 saturated heterocycles. The first-order valence-electron chi connectivity index (χ1n) is 28.8. The molecule has 16 rings (SSSR count). The molecule has 390 valence electrons. The third-order valence-corrected chi connectivity index (χ3v) is 17.1. The first-order valence-corrected chi connectivity index (χ1v) is 28.8. The van der Waals surface area contributed by atoms with Gasteiger partial charge in [-0.1, -0.05) is 291 Å². The van der Waals surface area contributed by atoms with Crippen LogP contribution in [-0.2, 0) is 0 Å². The van der Waals surface area contributed by atoms with Crippen molar-refractivity contribution >= 4 is 64.6 Å². The zero-order valence-corrected chi connectivity index (χ0v) is 45.9. The third kappa shape index (κ3) is 8.77. The summed E-state index contributed by atoms with van der Waals surface area (Å²) in [5.41, 5.74) is 18.9. The fourth-order valence-electron chi connectivity index (χ4n) is 12.8. The van der Waals surface area contributed by atoms with E-state index in [-0.39, 0.29) is 0 Å². The number of benzene rings is 15. The number of aromatic nitrogens is 2. The van der Waals surface area contributed by atoms with E-state index < -0.39 is 0 Å². The molecule has 16 aromatic rings. The predicted molar refractivity (Wildman–Crippen MR) is 356 cm³/mol. The van der Waals surface area contributed by atoms with Crippen LogP contribution in [0.1, 0.15) is 0 Å². The summed E-state index contributed by atoms with van der Waals surface area (Å²) >= 11 is 0. The third-order valence-electron chi connectivity index (χ3n) is 17.1. The molecule has 0 radical (unpaired) electrons. The molecular weight excluding hydrogens is 1010 g/mol.